The molecule has 3 saturated carbocycles. The van der Waals surface area contributed by atoms with Gasteiger partial charge in [0.15, 0.2) is 5.78 Å². The molecule has 2 heterocycles. The Morgan fingerprint density at radius 1 is 1.08 bits per heavy atom. The summed E-state index contributed by atoms with van der Waals surface area (Å²) >= 11 is 0. The zero-order chi connectivity index (χ0) is 38.2. The van der Waals surface area contributed by atoms with Crippen LogP contribution in [0.5, 0.6) is 0 Å². The standard InChI is InChI=1S/C42H59N3O5.CH4O/c1-10-40(8)18-16-29-28-17-20-42(38-45-44-37(50-38)32-14-11-26(4)23-43-32)21-33(47)35(25(2)3)36(42)30(28)12-13-31(29)41(40,9)19-15-27(5)49-34(48)22-39(6,7)24-46;1-2/h11,14,23-25,27-31H,10,12-13,15-22H2,1-9H3;2H,1H3. The van der Waals surface area contributed by atoms with Crippen LogP contribution in [0.2, 0.25) is 0 Å². The van der Waals surface area contributed by atoms with E-state index >= 15 is 0 Å². The zero-order valence-corrected chi connectivity index (χ0v) is 33.4. The maximum Gasteiger partial charge on any atom is 0.307 e. The number of nitrogens with zero attached hydrogens (tertiary/aromatic N) is 3. The van der Waals surface area contributed by atoms with Crippen LogP contribution >= 0.6 is 0 Å². The maximum atomic E-state index is 14.0. The minimum absolute atomic E-state index is 0.0933. The molecule has 1 N–H and O–H groups in total. The van der Waals surface area contributed by atoms with E-state index in [0.29, 0.717) is 47.6 Å². The zero-order valence-electron chi connectivity index (χ0n) is 33.4. The van der Waals surface area contributed by atoms with Gasteiger partial charge in [0, 0.05) is 25.1 Å². The number of ketones is 1. The normalized spacial score (nSPS) is 32.0. The number of hydrogen-bond acceptors (Lipinski definition) is 9. The number of ether oxygens (including phenoxy) is 1. The molecule has 4 aliphatic rings. The van der Waals surface area contributed by atoms with E-state index in [9.17, 15) is 14.4 Å². The molecule has 286 valence electrons. The van der Waals surface area contributed by atoms with Crippen molar-refractivity contribution in [2.75, 3.05) is 7.11 Å². The van der Waals surface area contributed by atoms with Gasteiger partial charge in [-0.15, -0.1) is 10.2 Å². The Hall–Kier alpha value is -3.20. The summed E-state index contributed by atoms with van der Waals surface area (Å²) in [6, 6.07) is 3.92. The number of carbonyl (C=O) groups excluding carboxylic acids is 3. The Labute approximate surface area is 311 Å². The topological polar surface area (TPSA) is 132 Å². The van der Waals surface area contributed by atoms with Crippen LogP contribution in [0.25, 0.3) is 11.6 Å². The molecule has 0 spiro atoms. The van der Waals surface area contributed by atoms with E-state index in [2.05, 4.69) is 49.8 Å². The fourth-order valence-corrected chi connectivity index (χ4v) is 11.0. The van der Waals surface area contributed by atoms with Crippen LogP contribution in [0.15, 0.2) is 33.9 Å². The lowest BCUT2D eigenvalue weighted by Crippen LogP contribution is -2.56. The Balaban J connectivity index is 0.00000257. The van der Waals surface area contributed by atoms with Gasteiger partial charge in [0.05, 0.1) is 17.9 Å². The minimum Gasteiger partial charge on any atom is -0.463 e. The Bertz CT molecular complexity index is 1640. The number of aldehydes is 1. The molecule has 0 radical (unpaired) electrons. The quantitative estimate of drug-likeness (QED) is 0.179. The molecule has 2 aromatic rings. The second-order valence-corrected chi connectivity index (χ2v) is 17.9. The fraction of sp³-hybridized carbons (Fsp3) is 0.721. The third kappa shape index (κ3) is 7.07. The number of pyridine rings is 1. The molecule has 6 rings (SSSR count). The van der Waals surface area contributed by atoms with E-state index < -0.39 is 10.8 Å². The molecular formula is C43H63N3O6. The van der Waals surface area contributed by atoms with E-state index in [4.69, 9.17) is 14.3 Å². The molecule has 8 atom stereocenters. The van der Waals surface area contributed by atoms with Crippen molar-refractivity contribution in [1.82, 2.24) is 15.2 Å². The largest absolute Gasteiger partial charge is 0.463 e. The molecule has 52 heavy (non-hydrogen) atoms. The van der Waals surface area contributed by atoms with Crippen molar-refractivity contribution in [1.29, 1.82) is 0 Å². The summed E-state index contributed by atoms with van der Waals surface area (Å²) in [5.74, 6) is 3.08. The van der Waals surface area contributed by atoms with Crippen LogP contribution in [0, 0.1) is 52.8 Å². The van der Waals surface area contributed by atoms with Gasteiger partial charge in [-0.25, -0.2) is 0 Å². The number of esters is 1. The van der Waals surface area contributed by atoms with E-state index in [-0.39, 0.29) is 41.0 Å². The molecule has 4 aliphatic carbocycles. The first-order chi connectivity index (χ1) is 24.6. The lowest BCUT2D eigenvalue weighted by Gasteiger charge is -2.63. The summed E-state index contributed by atoms with van der Waals surface area (Å²) in [5, 5.41) is 16.1. The molecule has 0 bridgehead atoms. The second-order valence-electron chi connectivity index (χ2n) is 17.9. The molecule has 0 saturated heterocycles. The fourth-order valence-electron chi connectivity index (χ4n) is 11.0. The van der Waals surface area contributed by atoms with Crippen molar-refractivity contribution in [2.45, 2.75) is 144 Å². The summed E-state index contributed by atoms with van der Waals surface area (Å²) in [5.41, 5.74) is 3.09. The average Bonchev–Trinajstić information content (AvgIpc) is 3.73. The van der Waals surface area contributed by atoms with Gasteiger partial charge in [0.25, 0.3) is 5.89 Å². The molecule has 9 heteroatoms. The van der Waals surface area contributed by atoms with Gasteiger partial charge >= 0.3 is 5.97 Å². The van der Waals surface area contributed by atoms with Crippen molar-refractivity contribution in [2.24, 2.45) is 45.8 Å². The highest BCUT2D eigenvalue weighted by Gasteiger charge is 2.62. The minimum atomic E-state index is -0.713. The number of hydrogen-bond donors (Lipinski definition) is 1. The van der Waals surface area contributed by atoms with Crippen LogP contribution in [0.4, 0.5) is 0 Å². The molecule has 0 amide bonds. The number of aliphatic hydroxyl groups is 1. The van der Waals surface area contributed by atoms with Crippen LogP contribution in [-0.2, 0) is 24.5 Å². The summed E-state index contributed by atoms with van der Waals surface area (Å²) in [7, 11) is 1.00. The van der Waals surface area contributed by atoms with E-state index in [1.54, 1.807) is 13.8 Å². The van der Waals surface area contributed by atoms with Crippen LogP contribution < -0.4 is 0 Å². The number of carbonyl (C=O) groups is 3. The van der Waals surface area contributed by atoms with Gasteiger partial charge in [0.1, 0.15) is 12.0 Å². The lowest BCUT2D eigenvalue weighted by atomic mass is 9.41. The Kier molecular flexibility index (Phi) is 11.7. The highest BCUT2D eigenvalue weighted by atomic mass is 16.5. The van der Waals surface area contributed by atoms with Crippen molar-refractivity contribution in [3.63, 3.8) is 0 Å². The third-order valence-corrected chi connectivity index (χ3v) is 14.1. The first-order valence-electron chi connectivity index (χ1n) is 19.7. The van der Waals surface area contributed by atoms with Gasteiger partial charge in [0.2, 0.25) is 5.89 Å². The van der Waals surface area contributed by atoms with Gasteiger partial charge in [-0.1, -0.05) is 61.0 Å². The number of allylic oxidation sites excluding steroid dienone is 2. The predicted octanol–water partition coefficient (Wildman–Crippen LogP) is 8.81. The predicted molar refractivity (Wildman–Crippen MR) is 201 cm³/mol. The number of aromatic nitrogens is 3. The van der Waals surface area contributed by atoms with Crippen LogP contribution in [-0.4, -0.2) is 51.5 Å². The third-order valence-electron chi connectivity index (χ3n) is 14.1. The number of aryl methyl sites for hydroxylation is 1. The van der Waals surface area contributed by atoms with E-state index in [1.807, 2.05) is 32.2 Å². The van der Waals surface area contributed by atoms with E-state index in [0.717, 1.165) is 69.5 Å². The summed E-state index contributed by atoms with van der Waals surface area (Å²) in [6.07, 6.45) is 12.4. The highest BCUT2D eigenvalue weighted by Crippen LogP contribution is 2.69. The summed E-state index contributed by atoms with van der Waals surface area (Å²) in [6.45, 7) is 19.3. The van der Waals surface area contributed by atoms with Crippen LogP contribution in [0.1, 0.15) is 137 Å². The Morgan fingerprint density at radius 3 is 2.42 bits per heavy atom. The van der Waals surface area contributed by atoms with Crippen molar-refractivity contribution in [3.8, 4) is 11.6 Å². The van der Waals surface area contributed by atoms with Crippen molar-refractivity contribution >= 4 is 18.0 Å². The first-order valence-corrected chi connectivity index (χ1v) is 19.7. The smallest absolute Gasteiger partial charge is 0.307 e. The molecule has 9 nitrogen and oxygen atoms in total. The molecule has 8 unspecified atom stereocenters. The molecular weight excluding hydrogens is 654 g/mol. The van der Waals surface area contributed by atoms with Gasteiger partial charge < -0.3 is 19.1 Å². The summed E-state index contributed by atoms with van der Waals surface area (Å²) < 4.78 is 12.4. The maximum absolute atomic E-state index is 14.0. The average molecular weight is 718 g/mol. The Morgan fingerprint density at radius 2 is 1.79 bits per heavy atom. The monoisotopic (exact) mass is 717 g/mol. The van der Waals surface area contributed by atoms with Gasteiger partial charge in [-0.05, 0) is 128 Å². The van der Waals surface area contributed by atoms with E-state index in [1.165, 1.54) is 18.4 Å². The number of Topliss-reactive ketones (excluding diaryl/α,β-unsaturated/α-hetero) is 1. The molecule has 3 fully saturated rings. The molecule has 0 aliphatic heterocycles. The number of rotatable bonds is 11. The van der Waals surface area contributed by atoms with Gasteiger partial charge in [-0.3, -0.25) is 14.6 Å². The number of fused-ring (bicyclic) bond motifs is 5. The molecule has 0 aromatic carbocycles. The number of aliphatic hydroxyl groups excluding tert-OH is 1. The highest BCUT2D eigenvalue weighted by molar-refractivity contribution is 6.01. The molecule has 2 aromatic heterocycles. The lowest BCUT2D eigenvalue weighted by molar-refractivity contribution is -0.155. The van der Waals surface area contributed by atoms with Crippen molar-refractivity contribution in [3.05, 3.63) is 40.9 Å². The SMILES string of the molecule is CCC1(C)CCC2C3CCC4(c5nnc(-c6ccc(C)cn6)o5)CC(=O)C(C(C)C)=C4C3CCC2C1(C)CCC(C)OC(=O)CC(C)(C)C=O.CO. The van der Waals surface area contributed by atoms with Crippen LogP contribution in [0.3, 0.4) is 0 Å². The first kappa shape index (κ1) is 40.0. The second kappa shape index (κ2) is 15.3. The summed E-state index contributed by atoms with van der Waals surface area (Å²) in [4.78, 5) is 42.6. The van der Waals surface area contributed by atoms with Gasteiger partial charge in [-0.2, -0.15) is 0 Å². The van der Waals surface area contributed by atoms with Crippen molar-refractivity contribution < 1.29 is 28.6 Å².